The first-order valence-corrected chi connectivity index (χ1v) is 13.0. The summed E-state index contributed by atoms with van der Waals surface area (Å²) >= 11 is 0. The molecule has 37 heavy (non-hydrogen) atoms. The van der Waals surface area contributed by atoms with E-state index in [1.807, 2.05) is 36.6 Å². The number of Topliss-reactive ketones (excluding diaryl/α,β-unsaturated/α-hetero) is 1. The van der Waals surface area contributed by atoms with Gasteiger partial charge in [0.2, 0.25) is 5.78 Å². The molecule has 1 saturated heterocycles. The Labute approximate surface area is 218 Å². The van der Waals surface area contributed by atoms with E-state index >= 15 is 0 Å². The maximum Gasteiger partial charge on any atom is 0.234 e. The molecule has 2 aromatic rings. The van der Waals surface area contributed by atoms with Gasteiger partial charge in [0, 0.05) is 60.8 Å². The molecule has 1 N–H and O–H groups in total. The van der Waals surface area contributed by atoms with Crippen molar-refractivity contribution in [1.82, 2.24) is 15.2 Å². The molecule has 5 nitrogen and oxygen atoms in total. The Morgan fingerprint density at radius 2 is 2.08 bits per heavy atom. The lowest BCUT2D eigenvalue weighted by atomic mass is 9.94. The molecule has 0 amide bonds. The van der Waals surface area contributed by atoms with Crippen LogP contribution in [0.25, 0.3) is 16.8 Å². The largest absolute Gasteiger partial charge is 0.379 e. The summed E-state index contributed by atoms with van der Waals surface area (Å²) in [5.41, 5.74) is 5.63. The molecule has 6 heteroatoms. The molecule has 1 aliphatic carbocycles. The highest BCUT2D eigenvalue weighted by Crippen LogP contribution is 2.45. The fourth-order valence-corrected chi connectivity index (χ4v) is 4.91. The predicted molar refractivity (Wildman–Crippen MR) is 144 cm³/mol. The van der Waals surface area contributed by atoms with Gasteiger partial charge in [-0.05, 0) is 78.7 Å². The molecule has 0 spiro atoms. The number of benzene rings is 1. The van der Waals surface area contributed by atoms with Crippen LogP contribution in [-0.2, 0) is 9.53 Å². The third-order valence-electron chi connectivity index (χ3n) is 7.23. The first-order chi connectivity index (χ1) is 18.0. The molecule has 190 valence electrons. The van der Waals surface area contributed by atoms with Gasteiger partial charge in [0.1, 0.15) is 5.82 Å². The van der Waals surface area contributed by atoms with Gasteiger partial charge in [0.25, 0.3) is 0 Å². The molecule has 1 unspecified atom stereocenters. The minimum absolute atomic E-state index is 0.106. The van der Waals surface area contributed by atoms with Crippen molar-refractivity contribution in [2.75, 3.05) is 32.8 Å². The van der Waals surface area contributed by atoms with Crippen molar-refractivity contribution in [3.05, 3.63) is 83.1 Å². The van der Waals surface area contributed by atoms with Crippen molar-refractivity contribution >= 4 is 11.4 Å². The summed E-state index contributed by atoms with van der Waals surface area (Å²) in [6.45, 7) is 8.13. The van der Waals surface area contributed by atoms with Crippen molar-refractivity contribution in [3.63, 3.8) is 0 Å². The summed E-state index contributed by atoms with van der Waals surface area (Å²) in [6, 6.07) is 8.95. The Hall–Kier alpha value is -3.53. The molecule has 3 heterocycles. The number of nitrogens with one attached hydrogen (secondary N) is 1. The number of ketones is 1. The summed E-state index contributed by atoms with van der Waals surface area (Å²) in [4.78, 5) is 20.2. The van der Waals surface area contributed by atoms with E-state index < -0.39 is 0 Å². The number of hydrogen-bond acceptors (Lipinski definition) is 5. The highest BCUT2D eigenvalue weighted by molar-refractivity contribution is 6.10. The Balaban J connectivity index is 1.43. The second kappa shape index (κ2) is 11.2. The fraction of sp³-hybridized carbons (Fsp3) is 0.355. The number of rotatable bonds is 6. The minimum Gasteiger partial charge on any atom is -0.379 e. The topological polar surface area (TPSA) is 54.5 Å². The Kier molecular flexibility index (Phi) is 7.64. The van der Waals surface area contributed by atoms with E-state index in [2.05, 4.69) is 34.0 Å². The number of aryl methyl sites for hydroxylation is 1. The van der Waals surface area contributed by atoms with E-state index in [4.69, 9.17) is 4.74 Å². The van der Waals surface area contributed by atoms with E-state index in [-0.39, 0.29) is 17.5 Å². The zero-order valence-corrected chi connectivity index (χ0v) is 21.4. The molecule has 1 aromatic carbocycles. The minimum atomic E-state index is -0.236. The first kappa shape index (κ1) is 25.1. The van der Waals surface area contributed by atoms with E-state index in [0.29, 0.717) is 17.9 Å². The van der Waals surface area contributed by atoms with Gasteiger partial charge in [-0.1, -0.05) is 18.9 Å². The van der Waals surface area contributed by atoms with E-state index in [9.17, 15) is 9.18 Å². The molecule has 5 rings (SSSR count). The maximum absolute atomic E-state index is 13.9. The van der Waals surface area contributed by atoms with Gasteiger partial charge in [-0.25, -0.2) is 4.39 Å². The number of carbonyl (C=O) groups is 1. The average Bonchev–Trinajstić information content (AvgIpc) is 3.64. The summed E-state index contributed by atoms with van der Waals surface area (Å²) in [6.07, 6.45) is 9.26. The summed E-state index contributed by atoms with van der Waals surface area (Å²) in [7, 11) is 0. The van der Waals surface area contributed by atoms with Crippen LogP contribution in [0.5, 0.6) is 0 Å². The zero-order chi connectivity index (χ0) is 25.8. The summed E-state index contributed by atoms with van der Waals surface area (Å²) < 4.78 is 19.3. The monoisotopic (exact) mass is 497 g/mol. The first-order valence-electron chi connectivity index (χ1n) is 13.0. The molecule has 2 atom stereocenters. The van der Waals surface area contributed by atoms with Gasteiger partial charge < -0.3 is 10.1 Å². The van der Waals surface area contributed by atoms with Crippen molar-refractivity contribution < 1.29 is 13.9 Å². The van der Waals surface area contributed by atoms with Crippen LogP contribution in [0.15, 0.2) is 66.2 Å². The number of pyridine rings is 1. The second-order valence-electron chi connectivity index (χ2n) is 9.92. The van der Waals surface area contributed by atoms with Gasteiger partial charge in [0.05, 0.1) is 18.9 Å². The van der Waals surface area contributed by atoms with Crippen LogP contribution in [0.3, 0.4) is 0 Å². The lowest BCUT2D eigenvalue weighted by Crippen LogP contribution is -2.36. The van der Waals surface area contributed by atoms with Gasteiger partial charge in [0.15, 0.2) is 0 Å². The highest BCUT2D eigenvalue weighted by atomic mass is 19.1. The molecule has 2 aliphatic heterocycles. The van der Waals surface area contributed by atoms with Crippen molar-refractivity contribution in [1.29, 1.82) is 0 Å². The number of halogens is 1. The van der Waals surface area contributed by atoms with Gasteiger partial charge in [-0.2, -0.15) is 0 Å². The van der Waals surface area contributed by atoms with Crippen LogP contribution in [0, 0.1) is 36.4 Å². The fourth-order valence-electron chi connectivity index (χ4n) is 4.91. The predicted octanol–water partition coefficient (Wildman–Crippen LogP) is 4.90. The van der Waals surface area contributed by atoms with E-state index in [1.165, 1.54) is 6.07 Å². The normalized spacial score (nSPS) is 22.4. The Morgan fingerprint density at radius 3 is 2.84 bits per heavy atom. The van der Waals surface area contributed by atoms with Crippen LogP contribution in [0.1, 0.15) is 30.9 Å². The number of carbonyl (C=O) groups excluding carboxylic acids is 1. The van der Waals surface area contributed by atoms with Crippen molar-refractivity contribution in [3.8, 4) is 23.1 Å². The van der Waals surface area contributed by atoms with Crippen LogP contribution < -0.4 is 5.32 Å². The van der Waals surface area contributed by atoms with E-state index in [1.54, 1.807) is 19.2 Å². The third-order valence-corrected chi connectivity index (χ3v) is 7.23. The maximum atomic E-state index is 13.9. The Morgan fingerprint density at radius 1 is 1.27 bits per heavy atom. The number of morpholine rings is 1. The van der Waals surface area contributed by atoms with Crippen LogP contribution >= 0.6 is 0 Å². The Bertz CT molecular complexity index is 1340. The van der Waals surface area contributed by atoms with Crippen molar-refractivity contribution in [2.24, 2.45) is 11.8 Å². The quantitative estimate of drug-likeness (QED) is 0.350. The molecule has 1 saturated carbocycles. The number of allylic oxidation sites excluding steroid dienone is 4. The third kappa shape index (κ3) is 5.90. The number of dihydropyridines is 1. The number of ether oxygens (including phenoxy) is 1. The number of hydrogen-bond donors (Lipinski definition) is 1. The number of nitrogens with zero attached hydrogens (tertiary/aromatic N) is 2. The van der Waals surface area contributed by atoms with Crippen LogP contribution in [0.2, 0.25) is 0 Å². The SMILES string of the molecule is Cc1cc(-c2ncccc2C2=C/C(=C(\C(=O)C#CCCN3CCOCC3)[C@H]3CC3C)NC=C2)ccc1F. The van der Waals surface area contributed by atoms with Gasteiger partial charge in [-0.15, -0.1) is 0 Å². The standard InChI is InChI=1S/C31H32FN3O2/c1-21-19-26(21)30(29(36)7-3-4-13-35-14-16-37-17-15-35)28-20-23(10-12-33-28)25-6-5-11-34-31(25)24-8-9-27(32)22(2)18-24/h5-6,8-12,18,20-21,26,33H,4,13-17,19H2,1-2H3/b30-28+/t21?,26-/m0/s1. The lowest BCUT2D eigenvalue weighted by Gasteiger charge is -2.25. The molecular formula is C31H32FN3O2. The number of aromatic nitrogens is 1. The average molecular weight is 498 g/mol. The highest BCUT2D eigenvalue weighted by Gasteiger charge is 2.40. The zero-order valence-electron chi connectivity index (χ0n) is 21.4. The second-order valence-corrected chi connectivity index (χ2v) is 9.92. The smallest absolute Gasteiger partial charge is 0.234 e. The molecule has 2 fully saturated rings. The molecule has 0 bridgehead atoms. The van der Waals surface area contributed by atoms with Gasteiger partial charge >= 0.3 is 0 Å². The lowest BCUT2D eigenvalue weighted by molar-refractivity contribution is -0.110. The van der Waals surface area contributed by atoms with Gasteiger partial charge in [-0.3, -0.25) is 14.7 Å². The molecule has 3 aliphatic rings. The summed E-state index contributed by atoms with van der Waals surface area (Å²) in [5, 5.41) is 3.30. The van der Waals surface area contributed by atoms with E-state index in [0.717, 1.165) is 72.9 Å². The molecular weight excluding hydrogens is 465 g/mol. The molecule has 1 aromatic heterocycles. The molecule has 0 radical (unpaired) electrons. The van der Waals surface area contributed by atoms with Crippen molar-refractivity contribution in [2.45, 2.75) is 26.7 Å². The van der Waals surface area contributed by atoms with Crippen LogP contribution in [0.4, 0.5) is 4.39 Å². The van der Waals surface area contributed by atoms with Crippen LogP contribution in [-0.4, -0.2) is 48.5 Å². The summed E-state index contributed by atoms with van der Waals surface area (Å²) in [5.74, 6) is 6.36.